The zero-order valence-corrected chi connectivity index (χ0v) is 16.8. The summed E-state index contributed by atoms with van der Waals surface area (Å²) in [5.74, 6) is 1.01. The van der Waals surface area contributed by atoms with Gasteiger partial charge in [-0.05, 0) is 54.0 Å². The van der Waals surface area contributed by atoms with E-state index in [1.54, 1.807) is 25.9 Å². The number of carboxylic acids is 1. The van der Waals surface area contributed by atoms with Gasteiger partial charge in [-0.2, -0.15) is 0 Å². The van der Waals surface area contributed by atoms with Gasteiger partial charge in [0.25, 0.3) is 5.56 Å². The van der Waals surface area contributed by atoms with E-state index in [1.165, 1.54) is 18.2 Å². The molecule has 0 bridgehead atoms. The highest BCUT2D eigenvalue weighted by atomic mass is 16.5. The Bertz CT molecular complexity index is 1230. The average molecular weight is 408 g/mol. The molecule has 4 rings (SSSR count). The fourth-order valence-electron chi connectivity index (χ4n) is 3.67. The highest BCUT2D eigenvalue weighted by Gasteiger charge is 2.22. The number of carboxylic acid groups (broad SMARTS) is 1. The molecule has 0 saturated carbocycles. The molecule has 0 radical (unpaired) electrons. The van der Waals surface area contributed by atoms with Gasteiger partial charge in [0.1, 0.15) is 5.82 Å². The van der Waals surface area contributed by atoms with Crippen LogP contribution in [0.5, 0.6) is 17.2 Å². The van der Waals surface area contributed by atoms with Crippen molar-refractivity contribution >= 4 is 28.5 Å². The van der Waals surface area contributed by atoms with Gasteiger partial charge in [-0.1, -0.05) is 0 Å². The highest BCUT2D eigenvalue weighted by molar-refractivity contribution is 5.93. The van der Waals surface area contributed by atoms with Crippen LogP contribution in [0.1, 0.15) is 28.2 Å². The number of nitrogens with zero attached hydrogens (tertiary/aromatic N) is 2. The normalized spacial score (nSPS) is 14.0. The largest absolute Gasteiger partial charge is 0.493 e. The third-order valence-electron chi connectivity index (χ3n) is 5.12. The van der Waals surface area contributed by atoms with Crippen molar-refractivity contribution in [3.05, 3.63) is 57.6 Å². The van der Waals surface area contributed by atoms with Crippen LogP contribution in [0.2, 0.25) is 0 Å². The number of fused-ring (bicyclic) bond motifs is 2. The van der Waals surface area contributed by atoms with Gasteiger partial charge in [-0.15, -0.1) is 0 Å². The summed E-state index contributed by atoms with van der Waals surface area (Å²) in [6.07, 6.45) is 2.55. The van der Waals surface area contributed by atoms with E-state index in [0.717, 1.165) is 11.1 Å². The number of rotatable bonds is 5. The molecule has 30 heavy (non-hydrogen) atoms. The van der Waals surface area contributed by atoms with Crippen molar-refractivity contribution in [1.82, 2.24) is 9.55 Å². The first-order chi connectivity index (χ1) is 14.5. The Morgan fingerprint density at radius 1 is 1.10 bits per heavy atom. The van der Waals surface area contributed by atoms with Crippen LogP contribution in [0.15, 0.2) is 35.1 Å². The molecule has 2 aromatic carbocycles. The minimum atomic E-state index is -1.06. The second-order valence-electron chi connectivity index (χ2n) is 6.81. The summed E-state index contributed by atoms with van der Waals surface area (Å²) < 4.78 is 17.8. The molecule has 8 heteroatoms. The Morgan fingerprint density at radius 2 is 1.80 bits per heavy atom. The zero-order chi connectivity index (χ0) is 21.4. The first-order valence-electron chi connectivity index (χ1n) is 9.25. The van der Waals surface area contributed by atoms with E-state index < -0.39 is 5.97 Å². The van der Waals surface area contributed by atoms with Crippen molar-refractivity contribution < 1.29 is 24.1 Å². The minimum absolute atomic E-state index is 0.0903. The minimum Gasteiger partial charge on any atom is -0.493 e. The Balaban J connectivity index is 1.86. The molecular formula is C22H20N2O6. The lowest BCUT2D eigenvalue weighted by Crippen LogP contribution is -2.21. The molecular weight excluding hydrogens is 388 g/mol. The third kappa shape index (κ3) is 3.16. The summed E-state index contributed by atoms with van der Waals surface area (Å²) >= 11 is 0. The molecule has 0 fully saturated rings. The Kier molecular flexibility index (Phi) is 4.91. The second kappa shape index (κ2) is 7.55. The molecule has 0 spiro atoms. The summed E-state index contributed by atoms with van der Waals surface area (Å²) in [6.45, 7) is 0.508. The fourth-order valence-corrected chi connectivity index (χ4v) is 3.67. The topological polar surface area (TPSA) is 99.9 Å². The summed E-state index contributed by atoms with van der Waals surface area (Å²) in [6, 6.07) is 8.00. The Labute approximate surface area is 172 Å². The van der Waals surface area contributed by atoms with Crippen molar-refractivity contribution in [1.29, 1.82) is 0 Å². The molecule has 154 valence electrons. The Morgan fingerprint density at radius 3 is 2.40 bits per heavy atom. The van der Waals surface area contributed by atoms with Gasteiger partial charge in [0, 0.05) is 6.54 Å². The van der Waals surface area contributed by atoms with E-state index in [2.05, 4.69) is 4.98 Å². The smallest absolute Gasteiger partial charge is 0.335 e. The molecule has 8 nitrogen and oxygen atoms in total. The quantitative estimate of drug-likeness (QED) is 0.692. The van der Waals surface area contributed by atoms with Crippen LogP contribution in [0, 0.1) is 0 Å². The SMILES string of the molecule is COc1cc(/C=C2/CCn3c2nc2cc(C(=O)O)ccc2c3=O)cc(OC)c1OC. The van der Waals surface area contributed by atoms with E-state index in [-0.39, 0.29) is 11.1 Å². The van der Waals surface area contributed by atoms with Crippen LogP contribution in [-0.2, 0) is 6.54 Å². The van der Waals surface area contributed by atoms with Crippen molar-refractivity contribution in [3.8, 4) is 17.2 Å². The van der Waals surface area contributed by atoms with Crippen molar-refractivity contribution in [2.45, 2.75) is 13.0 Å². The van der Waals surface area contributed by atoms with Gasteiger partial charge in [-0.3, -0.25) is 9.36 Å². The number of ether oxygens (including phenoxy) is 3. The molecule has 0 amide bonds. The number of methoxy groups -OCH3 is 3. The lowest BCUT2D eigenvalue weighted by Gasteiger charge is -2.13. The van der Waals surface area contributed by atoms with Crippen LogP contribution >= 0.6 is 0 Å². The molecule has 0 atom stereocenters. The summed E-state index contributed by atoms with van der Waals surface area (Å²) in [7, 11) is 4.64. The highest BCUT2D eigenvalue weighted by Crippen LogP contribution is 2.39. The van der Waals surface area contributed by atoms with E-state index in [0.29, 0.717) is 46.9 Å². The summed E-state index contributed by atoms with van der Waals surface area (Å²) in [5.41, 5.74) is 1.95. The number of benzene rings is 2. The van der Waals surface area contributed by atoms with E-state index >= 15 is 0 Å². The molecule has 0 unspecified atom stereocenters. The molecule has 2 heterocycles. The monoisotopic (exact) mass is 408 g/mol. The van der Waals surface area contributed by atoms with Crippen molar-refractivity contribution in [3.63, 3.8) is 0 Å². The maximum atomic E-state index is 12.9. The van der Waals surface area contributed by atoms with Crippen LogP contribution in [0.3, 0.4) is 0 Å². The molecule has 0 aliphatic carbocycles. The molecule has 3 aromatic rings. The summed E-state index contributed by atoms with van der Waals surface area (Å²) in [5, 5.41) is 9.64. The van der Waals surface area contributed by atoms with Crippen LogP contribution in [0.4, 0.5) is 0 Å². The van der Waals surface area contributed by atoms with E-state index in [9.17, 15) is 14.7 Å². The first-order valence-corrected chi connectivity index (χ1v) is 9.25. The van der Waals surface area contributed by atoms with Crippen molar-refractivity contribution in [2.75, 3.05) is 21.3 Å². The molecule has 0 saturated heterocycles. The number of hydrogen-bond donors (Lipinski definition) is 1. The third-order valence-corrected chi connectivity index (χ3v) is 5.12. The van der Waals surface area contributed by atoms with Crippen LogP contribution < -0.4 is 19.8 Å². The lowest BCUT2D eigenvalue weighted by molar-refractivity contribution is 0.0697. The van der Waals surface area contributed by atoms with Gasteiger partial charge >= 0.3 is 5.97 Å². The maximum absolute atomic E-state index is 12.9. The number of carbonyl (C=O) groups is 1. The zero-order valence-electron chi connectivity index (χ0n) is 16.8. The number of allylic oxidation sites excluding steroid dienone is 1. The predicted molar refractivity (Wildman–Crippen MR) is 112 cm³/mol. The van der Waals surface area contributed by atoms with Crippen LogP contribution in [0.25, 0.3) is 22.6 Å². The first kappa shape index (κ1) is 19.5. The predicted octanol–water partition coefficient (Wildman–Crippen LogP) is 3.06. The molecule has 1 aliphatic heterocycles. The number of aromatic carboxylic acids is 1. The number of hydrogen-bond acceptors (Lipinski definition) is 6. The number of aromatic nitrogens is 2. The van der Waals surface area contributed by atoms with Crippen molar-refractivity contribution in [2.24, 2.45) is 0 Å². The second-order valence-corrected chi connectivity index (χ2v) is 6.81. The van der Waals surface area contributed by atoms with Gasteiger partial charge in [0.15, 0.2) is 11.5 Å². The summed E-state index contributed by atoms with van der Waals surface area (Å²) in [4.78, 5) is 28.8. The average Bonchev–Trinajstić information content (AvgIpc) is 3.15. The lowest BCUT2D eigenvalue weighted by atomic mass is 10.1. The van der Waals surface area contributed by atoms with Gasteiger partial charge in [-0.25, -0.2) is 9.78 Å². The van der Waals surface area contributed by atoms with E-state index in [4.69, 9.17) is 14.2 Å². The Hall–Kier alpha value is -3.81. The van der Waals surface area contributed by atoms with Crippen LogP contribution in [-0.4, -0.2) is 42.0 Å². The van der Waals surface area contributed by atoms with E-state index in [1.807, 2.05) is 18.2 Å². The molecule has 1 N–H and O–H groups in total. The van der Waals surface area contributed by atoms with Gasteiger partial charge in [0.05, 0.1) is 37.8 Å². The van der Waals surface area contributed by atoms with Gasteiger partial charge < -0.3 is 19.3 Å². The fraction of sp³-hybridized carbons (Fsp3) is 0.227. The maximum Gasteiger partial charge on any atom is 0.335 e. The molecule has 1 aliphatic rings. The van der Waals surface area contributed by atoms with Gasteiger partial charge in [0.2, 0.25) is 5.75 Å². The standard InChI is InChI=1S/C22H20N2O6/c1-28-17-9-12(10-18(29-2)19(17)30-3)8-13-6-7-24-20(13)23-16-11-14(22(26)27)4-5-15(16)21(24)25/h4-5,8-11H,6-7H2,1-3H3,(H,26,27)/b13-8-. The molecule has 1 aromatic heterocycles.